The number of carbonyl (C=O) groups excluding carboxylic acids is 1. The largest absolute Gasteiger partial charge is 0.465 e. The Morgan fingerprint density at radius 1 is 0.865 bits per heavy atom. The summed E-state index contributed by atoms with van der Waals surface area (Å²) in [5.41, 5.74) is 4.16. The van der Waals surface area contributed by atoms with E-state index in [0.29, 0.717) is 6.61 Å². The van der Waals surface area contributed by atoms with E-state index in [4.69, 9.17) is 16.3 Å². The van der Waals surface area contributed by atoms with Crippen LogP contribution in [0.3, 0.4) is 0 Å². The minimum atomic E-state index is -0.565. The van der Waals surface area contributed by atoms with Gasteiger partial charge in [0, 0.05) is 36.9 Å². The highest BCUT2D eigenvalue weighted by atomic mass is 35.5. The number of esters is 1. The minimum absolute atomic E-state index is 0.0742. The predicted molar refractivity (Wildman–Crippen MR) is 154 cm³/mol. The van der Waals surface area contributed by atoms with E-state index in [0.717, 1.165) is 69.0 Å². The van der Waals surface area contributed by atoms with Crippen LogP contribution in [0.4, 0.5) is 5.69 Å². The molecular weight excluding hydrogens is 480 g/mol. The summed E-state index contributed by atoms with van der Waals surface area (Å²) in [6.45, 7) is 9.71. The van der Waals surface area contributed by atoms with Gasteiger partial charge in [-0.25, -0.2) is 0 Å². The van der Waals surface area contributed by atoms with Crippen molar-refractivity contribution in [3.05, 3.63) is 89.4 Å². The van der Waals surface area contributed by atoms with Crippen LogP contribution in [-0.4, -0.2) is 50.2 Å². The Morgan fingerprint density at radius 2 is 1.49 bits per heavy atom. The average Bonchev–Trinajstić information content (AvgIpc) is 2.95. The van der Waals surface area contributed by atoms with Gasteiger partial charge >= 0.3 is 5.97 Å². The number of hydrogen-bond donors (Lipinski definition) is 0. The summed E-state index contributed by atoms with van der Waals surface area (Å²) in [4.78, 5) is 18.2. The van der Waals surface area contributed by atoms with E-state index < -0.39 is 5.41 Å². The number of piperazine rings is 1. The SMILES string of the molecule is CCCOC(=O)C(CC)(CCCN1CCN(c2ccc(-c3ccc(Cl)cc3)cc2)CC1)c1ccccc1. The average molecular weight is 519 g/mol. The number of hydrogen-bond acceptors (Lipinski definition) is 4. The molecule has 3 aromatic carbocycles. The fourth-order valence-electron chi connectivity index (χ4n) is 5.32. The quantitative estimate of drug-likeness (QED) is 0.251. The van der Waals surface area contributed by atoms with Gasteiger partial charge in [0.2, 0.25) is 0 Å². The lowest BCUT2D eigenvalue weighted by Gasteiger charge is -2.37. The third-order valence-electron chi connectivity index (χ3n) is 7.62. The zero-order valence-corrected chi connectivity index (χ0v) is 22.9. The lowest BCUT2D eigenvalue weighted by Crippen LogP contribution is -2.47. The molecule has 1 aliphatic rings. The molecule has 3 aromatic rings. The van der Waals surface area contributed by atoms with Gasteiger partial charge in [-0.2, -0.15) is 0 Å². The highest BCUT2D eigenvalue weighted by Crippen LogP contribution is 2.35. The van der Waals surface area contributed by atoms with E-state index in [-0.39, 0.29) is 5.97 Å². The number of benzene rings is 3. The normalized spacial score (nSPS) is 15.8. The first kappa shape index (κ1) is 27.2. The molecular formula is C32H39ClN2O2. The Bertz CT molecular complexity index is 1110. The highest BCUT2D eigenvalue weighted by Gasteiger charge is 2.39. The van der Waals surface area contributed by atoms with Gasteiger partial charge in [-0.05, 0) is 73.2 Å². The van der Waals surface area contributed by atoms with Crippen LogP contribution in [0.5, 0.6) is 0 Å². The molecule has 0 spiro atoms. The number of rotatable bonds is 11. The number of ether oxygens (including phenoxy) is 1. The molecule has 0 N–H and O–H groups in total. The second-order valence-corrected chi connectivity index (χ2v) is 10.4. The molecule has 0 bridgehead atoms. The van der Waals surface area contributed by atoms with Gasteiger partial charge in [0.1, 0.15) is 0 Å². The van der Waals surface area contributed by atoms with E-state index in [9.17, 15) is 4.79 Å². The summed E-state index contributed by atoms with van der Waals surface area (Å²) in [7, 11) is 0. The fourth-order valence-corrected chi connectivity index (χ4v) is 5.45. The molecule has 1 atom stereocenters. The van der Waals surface area contributed by atoms with Crippen molar-refractivity contribution in [1.29, 1.82) is 0 Å². The maximum atomic E-state index is 13.2. The van der Waals surface area contributed by atoms with Crippen molar-refractivity contribution in [2.24, 2.45) is 0 Å². The van der Waals surface area contributed by atoms with Gasteiger partial charge in [0.05, 0.1) is 12.0 Å². The Labute approximate surface area is 227 Å². The number of nitrogens with zero attached hydrogens (tertiary/aromatic N) is 2. The molecule has 5 heteroatoms. The third kappa shape index (κ3) is 6.74. The summed E-state index contributed by atoms with van der Waals surface area (Å²) in [6.07, 6.45) is 3.37. The van der Waals surface area contributed by atoms with Gasteiger partial charge in [0.15, 0.2) is 0 Å². The van der Waals surface area contributed by atoms with Crippen molar-refractivity contribution >= 4 is 23.3 Å². The molecule has 1 unspecified atom stereocenters. The second kappa shape index (κ2) is 13.1. The summed E-state index contributed by atoms with van der Waals surface area (Å²) >= 11 is 6.03. The molecule has 1 fully saturated rings. The van der Waals surface area contributed by atoms with Crippen LogP contribution in [0.1, 0.15) is 45.1 Å². The van der Waals surface area contributed by atoms with E-state index >= 15 is 0 Å². The van der Waals surface area contributed by atoms with Crippen LogP contribution in [0.2, 0.25) is 5.02 Å². The first-order chi connectivity index (χ1) is 18.1. The smallest absolute Gasteiger partial charge is 0.316 e. The van der Waals surface area contributed by atoms with Crippen molar-refractivity contribution in [3.63, 3.8) is 0 Å². The Hall–Kier alpha value is -2.82. The molecule has 0 aliphatic carbocycles. The standard InChI is InChI=1S/C32H39ClN2O2/c1-3-25-37-31(36)32(4-2,28-9-6-5-7-10-28)19-8-20-34-21-23-35(24-22-34)30-17-13-27(14-18-30)26-11-15-29(33)16-12-26/h5-7,9-18H,3-4,8,19-25H2,1-2H3. The summed E-state index contributed by atoms with van der Waals surface area (Å²) < 4.78 is 5.68. The highest BCUT2D eigenvalue weighted by molar-refractivity contribution is 6.30. The van der Waals surface area contributed by atoms with Gasteiger partial charge in [0.25, 0.3) is 0 Å². The van der Waals surface area contributed by atoms with E-state index in [1.54, 1.807) is 0 Å². The molecule has 0 amide bonds. The molecule has 0 radical (unpaired) electrons. The third-order valence-corrected chi connectivity index (χ3v) is 7.87. The van der Waals surface area contributed by atoms with Gasteiger partial charge in [-0.1, -0.05) is 80.0 Å². The zero-order chi connectivity index (χ0) is 26.1. The van der Waals surface area contributed by atoms with Crippen molar-refractivity contribution in [2.45, 2.75) is 44.9 Å². The zero-order valence-electron chi connectivity index (χ0n) is 22.2. The van der Waals surface area contributed by atoms with Crippen LogP contribution in [0, 0.1) is 0 Å². The summed E-state index contributed by atoms with van der Waals surface area (Å²) in [5, 5.41) is 0.759. The second-order valence-electron chi connectivity index (χ2n) is 9.92. The number of halogens is 1. The molecule has 0 aromatic heterocycles. The molecule has 37 heavy (non-hydrogen) atoms. The molecule has 1 heterocycles. The Kier molecular flexibility index (Phi) is 9.65. The van der Waals surface area contributed by atoms with Crippen molar-refractivity contribution in [2.75, 3.05) is 44.2 Å². The maximum Gasteiger partial charge on any atom is 0.316 e. The van der Waals surface area contributed by atoms with Crippen LogP contribution in [0.15, 0.2) is 78.9 Å². The van der Waals surface area contributed by atoms with Crippen molar-refractivity contribution in [3.8, 4) is 11.1 Å². The summed E-state index contributed by atoms with van der Waals surface area (Å²) in [5.74, 6) is -0.0742. The van der Waals surface area contributed by atoms with E-state index in [1.165, 1.54) is 16.8 Å². The van der Waals surface area contributed by atoms with Crippen molar-refractivity contribution < 1.29 is 9.53 Å². The molecule has 1 aliphatic heterocycles. The van der Waals surface area contributed by atoms with Crippen molar-refractivity contribution in [1.82, 2.24) is 4.90 Å². The summed E-state index contributed by atoms with van der Waals surface area (Å²) in [6, 6.07) is 27.0. The van der Waals surface area contributed by atoms with Crippen LogP contribution >= 0.6 is 11.6 Å². The first-order valence-corrected chi connectivity index (χ1v) is 14.0. The molecule has 4 nitrogen and oxygen atoms in total. The van der Waals surface area contributed by atoms with Crippen LogP contribution in [0.25, 0.3) is 11.1 Å². The van der Waals surface area contributed by atoms with E-state index in [1.807, 2.05) is 37.3 Å². The van der Waals surface area contributed by atoms with E-state index in [2.05, 4.69) is 65.3 Å². The van der Waals surface area contributed by atoms with Crippen LogP contribution < -0.4 is 4.90 Å². The molecule has 1 saturated heterocycles. The number of carbonyl (C=O) groups is 1. The topological polar surface area (TPSA) is 32.8 Å². The Morgan fingerprint density at radius 3 is 2.08 bits per heavy atom. The molecule has 4 rings (SSSR count). The monoisotopic (exact) mass is 518 g/mol. The first-order valence-electron chi connectivity index (χ1n) is 13.6. The molecule has 0 saturated carbocycles. The van der Waals surface area contributed by atoms with Gasteiger partial charge in [-0.15, -0.1) is 0 Å². The minimum Gasteiger partial charge on any atom is -0.465 e. The molecule has 196 valence electrons. The fraction of sp³-hybridized carbons (Fsp3) is 0.406. The Balaban J connectivity index is 1.31. The lowest BCUT2D eigenvalue weighted by molar-refractivity contribution is -0.151. The van der Waals surface area contributed by atoms with Crippen LogP contribution in [-0.2, 0) is 14.9 Å². The maximum absolute atomic E-state index is 13.2. The predicted octanol–water partition coefficient (Wildman–Crippen LogP) is 7.21. The number of anilines is 1. The van der Waals surface area contributed by atoms with Gasteiger partial charge < -0.3 is 9.64 Å². The van der Waals surface area contributed by atoms with Gasteiger partial charge in [-0.3, -0.25) is 9.69 Å². The lowest BCUT2D eigenvalue weighted by atomic mass is 9.74.